The zero-order valence-corrected chi connectivity index (χ0v) is 26.7. The number of ether oxygens (including phenoxy) is 3. The molecule has 5 aromatic rings. The zero-order chi connectivity index (χ0) is 33.4. The van der Waals surface area contributed by atoms with Gasteiger partial charge in [-0.2, -0.15) is 9.97 Å². The summed E-state index contributed by atoms with van der Waals surface area (Å²) in [5.41, 5.74) is 7.00. The Hall–Kier alpha value is -4.75. The molecule has 48 heavy (non-hydrogen) atoms. The fourth-order valence-electron chi connectivity index (χ4n) is 7.08. The van der Waals surface area contributed by atoms with Crippen molar-refractivity contribution in [3.63, 3.8) is 0 Å². The number of pyridine rings is 2. The SMILES string of the molecule is CCc1c(F)ccc2cc(OCOC)cc(-c3ncc4c(NCc5cccnc5N)nc(OC[C@@]56CCCN5C[C@H](F)C6)nc4c3F)c12. The number of alkyl halides is 1. The van der Waals surface area contributed by atoms with E-state index < -0.39 is 23.3 Å². The van der Waals surface area contributed by atoms with Gasteiger partial charge in [-0.15, -0.1) is 0 Å². The molecule has 2 aromatic carbocycles. The Morgan fingerprint density at radius 2 is 2.00 bits per heavy atom. The Bertz CT molecular complexity index is 2000. The van der Waals surface area contributed by atoms with Crippen molar-refractivity contribution in [2.45, 2.75) is 50.9 Å². The van der Waals surface area contributed by atoms with Crippen molar-refractivity contribution >= 4 is 33.3 Å². The van der Waals surface area contributed by atoms with Crippen LogP contribution in [0, 0.1) is 11.6 Å². The lowest BCUT2D eigenvalue weighted by molar-refractivity contribution is 0.0512. The molecule has 3 N–H and O–H groups in total. The zero-order valence-electron chi connectivity index (χ0n) is 26.7. The number of nitrogens with one attached hydrogen (secondary N) is 1. The Balaban J connectivity index is 1.35. The van der Waals surface area contributed by atoms with Gasteiger partial charge in [-0.05, 0) is 66.4 Å². The molecule has 0 aliphatic carbocycles. The predicted octanol–water partition coefficient (Wildman–Crippen LogP) is 6.21. The smallest absolute Gasteiger partial charge is 0.319 e. The fourth-order valence-corrected chi connectivity index (χ4v) is 7.08. The minimum Gasteiger partial charge on any atom is -0.468 e. The molecule has 3 aromatic heterocycles. The van der Waals surface area contributed by atoms with E-state index in [0.717, 1.165) is 19.4 Å². The van der Waals surface area contributed by atoms with E-state index >= 15 is 8.78 Å². The van der Waals surface area contributed by atoms with Crippen LogP contribution in [0.2, 0.25) is 0 Å². The number of hydrogen-bond acceptors (Lipinski definition) is 10. The van der Waals surface area contributed by atoms with Crippen molar-refractivity contribution in [1.82, 2.24) is 24.8 Å². The molecule has 2 fully saturated rings. The van der Waals surface area contributed by atoms with Gasteiger partial charge in [0.1, 0.15) is 47.2 Å². The lowest BCUT2D eigenvalue weighted by Crippen LogP contribution is -2.43. The summed E-state index contributed by atoms with van der Waals surface area (Å²) in [6, 6.07) is 9.92. The van der Waals surface area contributed by atoms with Gasteiger partial charge < -0.3 is 25.3 Å². The molecule has 13 heteroatoms. The van der Waals surface area contributed by atoms with Crippen LogP contribution in [0.15, 0.2) is 48.8 Å². The lowest BCUT2D eigenvalue weighted by atomic mass is 9.94. The van der Waals surface area contributed by atoms with Crippen LogP contribution in [0.4, 0.5) is 24.8 Å². The van der Waals surface area contributed by atoms with Gasteiger partial charge in [-0.25, -0.2) is 18.2 Å². The van der Waals surface area contributed by atoms with E-state index in [1.807, 2.05) is 13.0 Å². The van der Waals surface area contributed by atoms with Gasteiger partial charge in [0.2, 0.25) is 0 Å². The molecular weight excluding hydrogens is 623 g/mol. The fraction of sp³-hybridized carbons (Fsp3) is 0.371. The van der Waals surface area contributed by atoms with Crippen LogP contribution in [-0.2, 0) is 17.7 Å². The highest BCUT2D eigenvalue weighted by Crippen LogP contribution is 2.41. The summed E-state index contributed by atoms with van der Waals surface area (Å²) >= 11 is 0. The molecule has 7 rings (SSSR count). The van der Waals surface area contributed by atoms with Crippen molar-refractivity contribution in [2.75, 3.05) is 44.6 Å². The first kappa shape index (κ1) is 31.8. The van der Waals surface area contributed by atoms with Crippen molar-refractivity contribution < 1.29 is 27.4 Å². The van der Waals surface area contributed by atoms with Crippen molar-refractivity contribution in [1.29, 1.82) is 0 Å². The summed E-state index contributed by atoms with van der Waals surface area (Å²) in [5.74, 6) is -0.129. The number of aromatic nitrogens is 4. The largest absolute Gasteiger partial charge is 0.468 e. The molecule has 250 valence electrons. The number of rotatable bonds is 11. The highest BCUT2D eigenvalue weighted by molar-refractivity contribution is 6.01. The molecule has 0 radical (unpaired) electrons. The molecule has 0 spiro atoms. The van der Waals surface area contributed by atoms with Crippen molar-refractivity contribution in [2.24, 2.45) is 0 Å². The number of nitrogens with two attached hydrogens (primary N) is 1. The van der Waals surface area contributed by atoms with Gasteiger partial charge in [-0.1, -0.05) is 19.1 Å². The van der Waals surface area contributed by atoms with Crippen molar-refractivity contribution in [3.05, 3.63) is 71.6 Å². The van der Waals surface area contributed by atoms with E-state index in [1.165, 1.54) is 19.4 Å². The minimum atomic E-state index is -0.934. The van der Waals surface area contributed by atoms with E-state index in [0.29, 0.717) is 63.8 Å². The Labute approximate surface area is 275 Å². The molecule has 5 heterocycles. The number of fused-ring (bicyclic) bond motifs is 3. The highest BCUT2D eigenvalue weighted by atomic mass is 19.1. The second kappa shape index (κ2) is 13.0. The second-order valence-corrected chi connectivity index (χ2v) is 12.3. The van der Waals surface area contributed by atoms with E-state index in [9.17, 15) is 4.39 Å². The summed E-state index contributed by atoms with van der Waals surface area (Å²) in [6.45, 7) is 3.37. The summed E-state index contributed by atoms with van der Waals surface area (Å²) in [7, 11) is 1.50. The number of hydrogen-bond donors (Lipinski definition) is 2. The van der Waals surface area contributed by atoms with Gasteiger partial charge in [0.25, 0.3) is 0 Å². The predicted molar refractivity (Wildman–Crippen MR) is 177 cm³/mol. The van der Waals surface area contributed by atoms with E-state index in [2.05, 4.69) is 30.2 Å². The molecular formula is C35H36F3N7O3. The average molecular weight is 660 g/mol. The van der Waals surface area contributed by atoms with E-state index in [4.69, 9.17) is 19.9 Å². The number of benzene rings is 2. The monoisotopic (exact) mass is 659 g/mol. The maximum Gasteiger partial charge on any atom is 0.319 e. The van der Waals surface area contributed by atoms with Crippen LogP contribution in [0.25, 0.3) is 32.9 Å². The molecule has 10 nitrogen and oxygen atoms in total. The third-order valence-corrected chi connectivity index (χ3v) is 9.36. The normalized spacial score (nSPS) is 19.2. The number of nitrogens with zero attached hydrogens (tertiary/aromatic N) is 5. The van der Waals surface area contributed by atoms with Crippen LogP contribution < -0.4 is 20.5 Å². The van der Waals surface area contributed by atoms with Crippen LogP contribution >= 0.6 is 0 Å². The van der Waals surface area contributed by atoms with Gasteiger partial charge >= 0.3 is 6.01 Å². The topological polar surface area (TPSA) is 121 Å². The molecule has 2 aliphatic rings. The molecule has 0 amide bonds. The number of anilines is 2. The molecule has 2 saturated heterocycles. The molecule has 2 aliphatic heterocycles. The quantitative estimate of drug-likeness (QED) is 0.158. The first-order valence-electron chi connectivity index (χ1n) is 16.0. The Morgan fingerprint density at radius 1 is 1.12 bits per heavy atom. The first-order valence-corrected chi connectivity index (χ1v) is 16.0. The maximum atomic E-state index is 16.9. The highest BCUT2D eigenvalue weighted by Gasteiger charge is 2.49. The molecule has 0 saturated carbocycles. The number of halogens is 3. The summed E-state index contributed by atoms with van der Waals surface area (Å²) in [6.07, 6.45) is 4.60. The number of nitrogen functional groups attached to an aromatic ring is 1. The molecule has 0 unspecified atom stereocenters. The van der Waals surface area contributed by atoms with Crippen molar-refractivity contribution in [3.8, 4) is 23.0 Å². The minimum absolute atomic E-state index is 0.0348. The van der Waals surface area contributed by atoms with Gasteiger partial charge in [0.15, 0.2) is 12.6 Å². The van der Waals surface area contributed by atoms with E-state index in [1.54, 1.807) is 30.5 Å². The number of aryl methyl sites for hydroxylation is 1. The molecule has 2 atom stereocenters. The summed E-state index contributed by atoms with van der Waals surface area (Å²) in [5, 5.41) is 4.70. The maximum absolute atomic E-state index is 16.9. The Morgan fingerprint density at radius 3 is 2.81 bits per heavy atom. The van der Waals surface area contributed by atoms with Crippen LogP contribution in [0.3, 0.4) is 0 Å². The molecule has 0 bridgehead atoms. The Kier molecular flexibility index (Phi) is 8.65. The average Bonchev–Trinajstić information content (AvgIpc) is 3.61. The number of methoxy groups -OCH3 is 1. The first-order chi connectivity index (χ1) is 23.3. The lowest BCUT2D eigenvalue weighted by Gasteiger charge is -2.30. The second-order valence-electron chi connectivity index (χ2n) is 12.3. The van der Waals surface area contributed by atoms with Crippen LogP contribution in [0.5, 0.6) is 11.8 Å². The standard InChI is InChI=1S/C35H36F3N7O3/c1-3-24-27(37)8-7-20-12-23(48-19-46-2)13-25(28(20)24)30-29(38)31-26(16-41-30)33(42-15-21-6-4-10-40-32(21)39)44-34(43-31)47-18-35-9-5-11-45(35)17-22(36)14-35/h4,6-8,10,12-13,16,22H,3,5,9,11,14-15,17-19H2,1-2H3,(H2,39,40)(H,42,43,44)/t22-,35+/m1/s1. The van der Waals surface area contributed by atoms with Gasteiger partial charge in [-0.3, -0.25) is 9.88 Å². The third kappa shape index (κ3) is 5.81. The summed E-state index contributed by atoms with van der Waals surface area (Å²) in [4.78, 5) is 20.0. The van der Waals surface area contributed by atoms with Crippen LogP contribution in [0.1, 0.15) is 37.3 Å². The van der Waals surface area contributed by atoms with Gasteiger partial charge in [0, 0.05) is 50.1 Å². The summed E-state index contributed by atoms with van der Waals surface area (Å²) < 4.78 is 63.5. The third-order valence-electron chi connectivity index (χ3n) is 9.36. The van der Waals surface area contributed by atoms with E-state index in [-0.39, 0.29) is 43.0 Å². The van der Waals surface area contributed by atoms with Crippen LogP contribution in [-0.4, -0.2) is 70.1 Å². The van der Waals surface area contributed by atoms with Gasteiger partial charge in [0.05, 0.1) is 10.9 Å².